The number of azide groups is 1. The van der Waals surface area contributed by atoms with Gasteiger partial charge >= 0.3 is 11.7 Å². The third kappa shape index (κ3) is 6.84. The van der Waals surface area contributed by atoms with E-state index in [9.17, 15) is 19.5 Å². The van der Waals surface area contributed by atoms with Gasteiger partial charge in [0, 0.05) is 17.5 Å². The first-order valence-corrected chi connectivity index (χ1v) is 15.8. The summed E-state index contributed by atoms with van der Waals surface area (Å²) in [5, 5.41) is 14.5. The number of H-pyrrole nitrogens is 1. The van der Waals surface area contributed by atoms with Crippen LogP contribution in [0.25, 0.3) is 10.4 Å². The molecule has 0 spiro atoms. The number of carboxylic acids is 1. The summed E-state index contributed by atoms with van der Waals surface area (Å²) in [5.41, 5.74) is 12.9. The molecule has 0 radical (unpaired) electrons. The Hall–Kier alpha value is -4.48. The molecule has 4 rings (SSSR count). The van der Waals surface area contributed by atoms with Crippen LogP contribution in [0.2, 0.25) is 5.04 Å². The number of benzene rings is 2. The first-order chi connectivity index (χ1) is 21.0. The Morgan fingerprint density at radius 2 is 1.82 bits per heavy atom. The normalized spacial score (nSPS) is 19.0. The van der Waals surface area contributed by atoms with Gasteiger partial charge in [0.05, 0.1) is 19.3 Å². The van der Waals surface area contributed by atoms with Gasteiger partial charge in [-0.05, 0) is 20.9 Å². The lowest BCUT2D eigenvalue weighted by atomic mass is 10.2. The maximum Gasteiger partial charge on any atom is 0.339 e. The van der Waals surface area contributed by atoms with E-state index in [1.54, 1.807) is 0 Å². The van der Waals surface area contributed by atoms with Crippen molar-refractivity contribution < 1.29 is 23.8 Å². The highest BCUT2D eigenvalue weighted by atomic mass is 28.4. The number of hydrogen-bond acceptors (Lipinski definition) is 8. The lowest BCUT2D eigenvalue weighted by molar-refractivity contribution is -0.156. The summed E-state index contributed by atoms with van der Waals surface area (Å²) in [4.78, 5) is 41.8. The summed E-state index contributed by atoms with van der Waals surface area (Å²) in [7, 11) is -3.05. The molecule has 2 heterocycles. The third-order valence-corrected chi connectivity index (χ3v) is 12.3. The van der Waals surface area contributed by atoms with Crippen LogP contribution < -0.4 is 27.4 Å². The van der Waals surface area contributed by atoms with E-state index >= 15 is 0 Å². The van der Waals surface area contributed by atoms with Crippen LogP contribution in [0.1, 0.15) is 39.0 Å². The van der Waals surface area contributed by atoms with Gasteiger partial charge in [-0.15, -0.1) is 0 Å². The van der Waals surface area contributed by atoms with Crippen molar-refractivity contribution in [1.82, 2.24) is 9.55 Å². The Kier molecular flexibility index (Phi) is 10.2. The van der Waals surface area contributed by atoms with Crippen LogP contribution in [0.15, 0.2) is 81.6 Å². The van der Waals surface area contributed by atoms with Gasteiger partial charge < -0.3 is 24.7 Å². The smallest absolute Gasteiger partial charge is 0.339 e. The third-order valence-electron chi connectivity index (χ3n) is 7.34. The molecule has 3 aromatic rings. The summed E-state index contributed by atoms with van der Waals surface area (Å²) < 4.78 is 20.2. The fraction of sp³-hybridized carbons (Fsp3) is 0.367. The Balaban J connectivity index is 1.76. The Morgan fingerprint density at radius 1 is 1.20 bits per heavy atom. The van der Waals surface area contributed by atoms with Crippen molar-refractivity contribution in [2.45, 2.75) is 56.9 Å². The highest BCUT2D eigenvalue weighted by Crippen LogP contribution is 2.38. The highest BCUT2D eigenvalue weighted by Gasteiger charge is 2.51. The number of nitrogens with zero attached hydrogens (tertiary/aromatic N) is 4. The Labute approximate surface area is 254 Å². The molecular formula is C30H34N6O7Si. The van der Waals surface area contributed by atoms with E-state index in [1.165, 1.54) is 6.20 Å². The average molecular weight is 619 g/mol. The predicted octanol–water partition coefficient (Wildman–Crippen LogP) is 1.82. The van der Waals surface area contributed by atoms with Crippen LogP contribution in [-0.2, 0) is 18.7 Å². The quantitative estimate of drug-likeness (QED) is 0.101. The van der Waals surface area contributed by atoms with Gasteiger partial charge in [-0.2, -0.15) is 0 Å². The van der Waals surface area contributed by atoms with Gasteiger partial charge in [0.15, 0.2) is 0 Å². The van der Waals surface area contributed by atoms with Crippen LogP contribution in [0, 0.1) is 11.8 Å². The van der Waals surface area contributed by atoms with Crippen molar-refractivity contribution in [3.63, 3.8) is 0 Å². The molecular weight excluding hydrogens is 584 g/mol. The largest absolute Gasteiger partial charge is 0.479 e. The standard InChI is InChI=1S/C30H34N6O7Si/c1-30(2,3)44(21-12-6-4-7-13-21,22-14-8-5-9-15-22)41-19-24-23(43-27(28(38)39)34-35-32)17-25(42-24)36-18-20(11-10-16-31)26(37)33-29(36)40/h4-9,12-15,18,23-25,27H,16-17,19,31H2,1-3H3,(H,38,39)(H,33,37,40)/t23-,24-,25-,27?/m1/s1. The van der Waals surface area contributed by atoms with E-state index in [2.05, 4.69) is 47.6 Å². The molecule has 14 heteroatoms. The molecule has 4 N–H and O–H groups in total. The number of carboxylic acid groups (broad SMARTS) is 1. The molecule has 1 aliphatic heterocycles. The molecule has 1 unspecified atom stereocenters. The van der Waals surface area contributed by atoms with Gasteiger partial charge in [0.2, 0.25) is 6.23 Å². The second-order valence-electron chi connectivity index (χ2n) is 11.1. The number of rotatable bonds is 10. The molecule has 13 nitrogen and oxygen atoms in total. The van der Waals surface area contributed by atoms with E-state index in [0.29, 0.717) is 0 Å². The molecule has 230 valence electrons. The molecule has 1 fully saturated rings. The molecule has 0 amide bonds. The number of aromatic amines is 1. The number of ether oxygens (including phenoxy) is 2. The molecule has 1 saturated heterocycles. The number of carbonyl (C=O) groups is 1. The van der Waals surface area contributed by atoms with Crippen molar-refractivity contribution in [1.29, 1.82) is 0 Å². The maximum absolute atomic E-state index is 12.8. The molecule has 0 saturated carbocycles. The number of aliphatic carboxylic acids is 1. The van der Waals surface area contributed by atoms with Crippen LogP contribution in [-0.4, -0.2) is 60.5 Å². The summed E-state index contributed by atoms with van der Waals surface area (Å²) in [6.07, 6.45) is -3.46. The maximum atomic E-state index is 12.8. The van der Waals surface area contributed by atoms with Gasteiger partial charge in [-0.25, -0.2) is 9.59 Å². The van der Waals surface area contributed by atoms with Crippen LogP contribution in [0.5, 0.6) is 0 Å². The average Bonchev–Trinajstić information content (AvgIpc) is 3.39. The second-order valence-corrected chi connectivity index (χ2v) is 15.4. The summed E-state index contributed by atoms with van der Waals surface area (Å²) in [5.74, 6) is 3.73. The van der Waals surface area contributed by atoms with Crippen molar-refractivity contribution in [3.8, 4) is 11.8 Å². The van der Waals surface area contributed by atoms with E-state index < -0.39 is 50.2 Å². The second kappa shape index (κ2) is 13.9. The lowest BCUT2D eigenvalue weighted by Gasteiger charge is -2.43. The fourth-order valence-corrected chi connectivity index (χ4v) is 9.98. The van der Waals surface area contributed by atoms with Crippen LogP contribution >= 0.6 is 0 Å². The topological polar surface area (TPSA) is 195 Å². The van der Waals surface area contributed by atoms with E-state index in [-0.39, 0.29) is 30.2 Å². The van der Waals surface area contributed by atoms with Crippen molar-refractivity contribution in [2.75, 3.05) is 13.2 Å². The first-order valence-electron chi connectivity index (χ1n) is 13.9. The summed E-state index contributed by atoms with van der Waals surface area (Å²) in [6.45, 7) is 6.28. The number of hydrogen-bond donors (Lipinski definition) is 3. The lowest BCUT2D eigenvalue weighted by Crippen LogP contribution is -2.67. The molecule has 1 aliphatic rings. The van der Waals surface area contributed by atoms with Gasteiger partial charge in [-0.3, -0.25) is 14.3 Å². The van der Waals surface area contributed by atoms with Gasteiger partial charge in [0.25, 0.3) is 13.9 Å². The van der Waals surface area contributed by atoms with Crippen molar-refractivity contribution >= 4 is 24.7 Å². The number of nitrogens with two attached hydrogens (primary N) is 1. The minimum atomic E-state index is -3.05. The van der Waals surface area contributed by atoms with Gasteiger partial charge in [0.1, 0.15) is 17.9 Å². The zero-order valence-corrected chi connectivity index (χ0v) is 25.5. The predicted molar refractivity (Wildman–Crippen MR) is 165 cm³/mol. The van der Waals surface area contributed by atoms with E-state index in [1.807, 2.05) is 60.7 Å². The van der Waals surface area contributed by atoms with Crippen molar-refractivity contribution in [3.05, 3.63) is 104 Å². The molecule has 4 atom stereocenters. The minimum Gasteiger partial charge on any atom is -0.479 e. The summed E-state index contributed by atoms with van der Waals surface area (Å²) >= 11 is 0. The highest BCUT2D eigenvalue weighted by molar-refractivity contribution is 6.99. The van der Waals surface area contributed by atoms with Crippen molar-refractivity contribution in [2.24, 2.45) is 10.8 Å². The SMILES string of the molecule is CC(C)(C)[Si](OC[C@H]1O[C@@H](n2cc(C#CCN)c(=O)[nH]c2=O)C[C@H]1OC(N=[N+]=[N-])C(=O)O)(c1ccccc1)c1ccccc1. The van der Waals surface area contributed by atoms with Gasteiger partial charge in [-0.1, -0.05) is 98.4 Å². The summed E-state index contributed by atoms with van der Waals surface area (Å²) in [6, 6.07) is 19.8. The Morgan fingerprint density at radius 3 is 2.34 bits per heavy atom. The zero-order chi connectivity index (χ0) is 31.9. The molecule has 1 aromatic heterocycles. The minimum absolute atomic E-state index is 0.000577. The molecule has 44 heavy (non-hydrogen) atoms. The Bertz CT molecular complexity index is 1650. The van der Waals surface area contributed by atoms with E-state index in [4.69, 9.17) is 25.2 Å². The van der Waals surface area contributed by atoms with E-state index in [0.717, 1.165) is 14.9 Å². The van der Waals surface area contributed by atoms with Crippen LogP contribution in [0.3, 0.4) is 0 Å². The monoisotopic (exact) mass is 618 g/mol. The molecule has 0 aliphatic carbocycles. The van der Waals surface area contributed by atoms with Crippen LogP contribution in [0.4, 0.5) is 0 Å². The number of aromatic nitrogens is 2. The number of nitrogens with one attached hydrogen (secondary N) is 1. The zero-order valence-electron chi connectivity index (χ0n) is 24.5. The molecule has 0 bridgehead atoms. The fourth-order valence-electron chi connectivity index (χ4n) is 5.41. The molecule has 2 aromatic carbocycles. The first kappa shape index (κ1) is 32.4.